The minimum absolute atomic E-state index is 0.0707. The number of aryl methyl sites for hydroxylation is 1. The quantitative estimate of drug-likeness (QED) is 0.154. The Bertz CT molecular complexity index is 1910. The van der Waals surface area contributed by atoms with E-state index >= 15 is 0 Å². The summed E-state index contributed by atoms with van der Waals surface area (Å²) in [5.41, 5.74) is 3.54. The molecule has 3 heterocycles. The van der Waals surface area contributed by atoms with Crippen LogP contribution in [0.25, 0.3) is 5.57 Å². The van der Waals surface area contributed by atoms with Crippen molar-refractivity contribution < 1.29 is 29.2 Å². The molecule has 3 aromatic rings. The number of benzene rings is 2. The molecular formula is C43H51ClN4O6. The first-order chi connectivity index (χ1) is 26.0. The molecule has 2 aliphatic heterocycles. The molecule has 1 aromatic heterocycles. The highest BCUT2D eigenvalue weighted by molar-refractivity contribution is 6.32. The lowest BCUT2D eigenvalue weighted by Gasteiger charge is -2.42. The predicted molar refractivity (Wildman–Crippen MR) is 208 cm³/mol. The third-order valence-electron chi connectivity index (χ3n) is 11.3. The Balaban J connectivity index is 1.28. The highest BCUT2D eigenvalue weighted by Crippen LogP contribution is 2.42. The maximum absolute atomic E-state index is 12.5. The van der Waals surface area contributed by atoms with E-state index in [9.17, 15) is 20.3 Å². The normalized spacial score (nSPS) is 24.6. The van der Waals surface area contributed by atoms with Crippen LogP contribution in [0.5, 0.6) is 11.5 Å². The monoisotopic (exact) mass is 754 g/mol. The number of nitrogens with zero attached hydrogens (tertiary/aromatic N) is 4. The molecule has 286 valence electrons. The van der Waals surface area contributed by atoms with Crippen LogP contribution in [-0.4, -0.2) is 87.6 Å². The van der Waals surface area contributed by atoms with Crippen molar-refractivity contribution in [3.05, 3.63) is 106 Å². The first-order valence-corrected chi connectivity index (χ1v) is 19.3. The van der Waals surface area contributed by atoms with E-state index in [2.05, 4.69) is 60.2 Å². The summed E-state index contributed by atoms with van der Waals surface area (Å²) in [5, 5.41) is 30.0. The number of piperidine rings is 1. The maximum atomic E-state index is 12.5. The van der Waals surface area contributed by atoms with E-state index in [0.29, 0.717) is 54.7 Å². The summed E-state index contributed by atoms with van der Waals surface area (Å²) in [6, 6.07) is 15.8. The first kappa shape index (κ1) is 39.5. The topological polar surface area (TPSA) is 128 Å². The Morgan fingerprint density at radius 3 is 2.72 bits per heavy atom. The van der Waals surface area contributed by atoms with Crippen LogP contribution in [0, 0.1) is 24.2 Å². The van der Waals surface area contributed by atoms with Crippen LogP contribution < -0.4 is 9.47 Å². The average molecular weight is 755 g/mol. The number of β-amino-alcohol motifs (C(OH)–C–C–N with tert-alkyl or cyclic N) is 1. The largest absolute Gasteiger partial charge is 0.489 e. The third kappa shape index (κ3) is 8.99. The van der Waals surface area contributed by atoms with Gasteiger partial charge in [-0.1, -0.05) is 54.9 Å². The van der Waals surface area contributed by atoms with Crippen LogP contribution in [0.3, 0.4) is 0 Å². The van der Waals surface area contributed by atoms with Crippen LogP contribution in [0.1, 0.15) is 73.8 Å². The molecule has 54 heavy (non-hydrogen) atoms. The Labute approximate surface area is 323 Å². The molecular weight excluding hydrogens is 704 g/mol. The van der Waals surface area contributed by atoms with Crippen molar-refractivity contribution in [3.8, 4) is 17.6 Å². The lowest BCUT2D eigenvalue weighted by molar-refractivity contribution is -0.153. The van der Waals surface area contributed by atoms with Gasteiger partial charge in [0.25, 0.3) is 0 Å². The van der Waals surface area contributed by atoms with Gasteiger partial charge in [-0.15, -0.1) is 0 Å². The molecule has 2 aromatic carbocycles. The van der Waals surface area contributed by atoms with Gasteiger partial charge in [-0.3, -0.25) is 14.7 Å². The number of halogens is 1. The molecule has 2 fully saturated rings. The number of aliphatic carboxylic acids is 1. The number of rotatable bonds is 15. The number of carbonyl (C=O) groups is 1. The highest BCUT2D eigenvalue weighted by Gasteiger charge is 2.42. The molecule has 0 spiro atoms. The van der Waals surface area contributed by atoms with E-state index in [1.54, 1.807) is 25.3 Å². The van der Waals surface area contributed by atoms with Crippen LogP contribution in [0.15, 0.2) is 73.1 Å². The summed E-state index contributed by atoms with van der Waals surface area (Å²) in [7, 11) is 0. The summed E-state index contributed by atoms with van der Waals surface area (Å²) in [6.45, 7) is 10.2. The second-order valence-electron chi connectivity index (χ2n) is 15.0. The molecule has 0 saturated carbocycles. The van der Waals surface area contributed by atoms with Crippen molar-refractivity contribution >= 4 is 23.1 Å². The first-order valence-electron chi connectivity index (χ1n) is 18.9. The van der Waals surface area contributed by atoms with Crippen LogP contribution >= 0.6 is 11.6 Å². The number of aliphatic hydroxyl groups excluding tert-OH is 1. The number of aliphatic hydroxyl groups is 1. The summed E-state index contributed by atoms with van der Waals surface area (Å²) < 4.78 is 19.9. The Kier molecular flexibility index (Phi) is 12.8. The van der Waals surface area contributed by atoms with Crippen molar-refractivity contribution in [1.29, 1.82) is 5.26 Å². The SMILES string of the molecule is Cc1ccccc1C1=CC=CC(COc2cc(OCc3cncc(C#N)c3)c(CN3CCCCC3(C)C(=O)O)cc2Cl)(OCCCN2CC[C@@H](O)C2)C1C. The number of nitriles is 1. The zero-order chi connectivity index (χ0) is 38.3. The van der Waals surface area contributed by atoms with Crippen molar-refractivity contribution in [2.45, 2.75) is 83.3 Å². The third-order valence-corrected chi connectivity index (χ3v) is 11.6. The molecule has 0 amide bonds. The van der Waals surface area contributed by atoms with Crippen molar-refractivity contribution in [1.82, 2.24) is 14.8 Å². The number of carboxylic acid groups (broad SMARTS) is 1. The number of ether oxygens (including phenoxy) is 3. The fourth-order valence-corrected chi connectivity index (χ4v) is 8.08. The average Bonchev–Trinajstić information content (AvgIpc) is 3.59. The number of carboxylic acids is 1. The van der Waals surface area contributed by atoms with Crippen LogP contribution in [-0.2, 0) is 22.7 Å². The lowest BCUT2D eigenvalue weighted by atomic mass is 9.76. The van der Waals surface area contributed by atoms with Gasteiger partial charge in [0.15, 0.2) is 0 Å². The second-order valence-corrected chi connectivity index (χ2v) is 15.4. The fraction of sp³-hybridized carbons (Fsp3) is 0.465. The van der Waals surface area contributed by atoms with Crippen LogP contribution in [0.4, 0.5) is 0 Å². The van der Waals surface area contributed by atoms with Gasteiger partial charge in [0.2, 0.25) is 0 Å². The number of hydrogen-bond donors (Lipinski definition) is 2. The summed E-state index contributed by atoms with van der Waals surface area (Å²) >= 11 is 7.01. The minimum atomic E-state index is -1.02. The molecule has 2 saturated heterocycles. The fourth-order valence-electron chi connectivity index (χ4n) is 7.84. The van der Waals surface area contributed by atoms with E-state index in [1.807, 2.05) is 23.1 Å². The molecule has 11 heteroatoms. The van der Waals surface area contributed by atoms with E-state index in [4.69, 9.17) is 25.8 Å². The van der Waals surface area contributed by atoms with E-state index in [-0.39, 0.29) is 25.2 Å². The summed E-state index contributed by atoms with van der Waals surface area (Å²) in [6.07, 6.45) is 13.1. The molecule has 4 atom stereocenters. The number of likely N-dealkylation sites (tertiary alicyclic amines) is 2. The van der Waals surface area contributed by atoms with Gasteiger partial charge in [0.1, 0.15) is 41.9 Å². The zero-order valence-electron chi connectivity index (χ0n) is 31.5. The van der Waals surface area contributed by atoms with E-state index < -0.39 is 17.1 Å². The Hall–Kier alpha value is -4.24. The Morgan fingerprint density at radius 2 is 1.96 bits per heavy atom. The molecule has 2 N–H and O–H groups in total. The van der Waals surface area contributed by atoms with Crippen molar-refractivity contribution in [2.75, 3.05) is 39.4 Å². The highest BCUT2D eigenvalue weighted by atomic mass is 35.5. The van der Waals surface area contributed by atoms with Gasteiger partial charge in [-0.2, -0.15) is 5.26 Å². The summed E-state index contributed by atoms with van der Waals surface area (Å²) in [5.74, 6) is -0.00274. The molecule has 0 radical (unpaired) electrons. The van der Waals surface area contributed by atoms with Gasteiger partial charge in [-0.05, 0) is 87.4 Å². The second kappa shape index (κ2) is 17.5. The van der Waals surface area contributed by atoms with Gasteiger partial charge in [0, 0.05) is 68.3 Å². The number of allylic oxidation sites excluding steroid dienone is 2. The molecule has 3 unspecified atom stereocenters. The maximum Gasteiger partial charge on any atom is 0.323 e. The van der Waals surface area contributed by atoms with Crippen molar-refractivity contribution in [2.24, 2.45) is 5.92 Å². The lowest BCUT2D eigenvalue weighted by Crippen LogP contribution is -2.54. The number of aromatic nitrogens is 1. The van der Waals surface area contributed by atoms with Gasteiger partial charge in [0.05, 0.1) is 16.7 Å². The van der Waals surface area contributed by atoms with E-state index in [1.165, 1.54) is 11.8 Å². The molecule has 6 rings (SSSR count). The number of pyridine rings is 1. The van der Waals surface area contributed by atoms with Crippen molar-refractivity contribution in [3.63, 3.8) is 0 Å². The molecule has 10 nitrogen and oxygen atoms in total. The smallest absolute Gasteiger partial charge is 0.323 e. The molecule has 3 aliphatic rings. The van der Waals surface area contributed by atoms with Gasteiger partial charge >= 0.3 is 5.97 Å². The minimum Gasteiger partial charge on any atom is -0.489 e. The van der Waals surface area contributed by atoms with Gasteiger partial charge < -0.3 is 29.3 Å². The van der Waals surface area contributed by atoms with Crippen LogP contribution in [0.2, 0.25) is 5.02 Å². The predicted octanol–water partition coefficient (Wildman–Crippen LogP) is 7.20. The molecule has 1 aliphatic carbocycles. The Morgan fingerprint density at radius 1 is 1.13 bits per heavy atom. The molecule has 0 bridgehead atoms. The zero-order valence-corrected chi connectivity index (χ0v) is 32.2. The van der Waals surface area contributed by atoms with E-state index in [0.717, 1.165) is 61.0 Å². The standard InChI is InChI=1S/C43H51ClN4O6/c1-30-10-4-5-11-36(30)37-12-8-15-43(31(37)2,54-19-9-16-47-18-13-35(49)27-47)29-53-40-22-39(52-28-33-20-32(23-45)24-46-25-33)34(21-38(40)44)26-48-17-7-6-14-42(48,3)41(50)51/h4-5,8,10-12,15,20-22,24-25,31,35,49H,6-7,9,13-14,16-19,26-29H2,1-3H3,(H,50,51)/t31?,35-,42?,43?/m1/s1. The van der Waals surface area contributed by atoms with Gasteiger partial charge in [-0.25, -0.2) is 0 Å². The summed E-state index contributed by atoms with van der Waals surface area (Å²) in [4.78, 5) is 20.9. The number of hydrogen-bond acceptors (Lipinski definition) is 9.